The van der Waals surface area contributed by atoms with E-state index in [1.165, 1.54) is 0 Å². The topological polar surface area (TPSA) is 65.4 Å². The number of para-hydroxylation sites is 1. The highest BCUT2D eigenvalue weighted by molar-refractivity contribution is 7.22. The summed E-state index contributed by atoms with van der Waals surface area (Å²) in [5.74, 6) is 1.71. The van der Waals surface area contributed by atoms with Crippen LogP contribution >= 0.6 is 11.3 Å². The van der Waals surface area contributed by atoms with Gasteiger partial charge in [-0.25, -0.2) is 9.98 Å². The molecular formula is C21H21N3O4S. The van der Waals surface area contributed by atoms with Gasteiger partial charge in [0.15, 0.2) is 16.6 Å². The summed E-state index contributed by atoms with van der Waals surface area (Å²) < 4.78 is 23.4. The molecule has 2 aromatic carbocycles. The minimum Gasteiger partial charge on any atom is -0.493 e. The monoisotopic (exact) mass is 411 g/mol. The van der Waals surface area contributed by atoms with Gasteiger partial charge in [-0.1, -0.05) is 23.5 Å². The molecule has 4 rings (SSSR count). The Labute approximate surface area is 172 Å². The van der Waals surface area contributed by atoms with E-state index in [-0.39, 0.29) is 0 Å². The summed E-state index contributed by atoms with van der Waals surface area (Å²) in [6.45, 7) is 0.943. The molecular weight excluding hydrogens is 390 g/mol. The van der Waals surface area contributed by atoms with E-state index in [1.54, 1.807) is 38.9 Å². The normalized spacial score (nSPS) is 13.3. The second-order valence-corrected chi connectivity index (χ2v) is 7.20. The van der Waals surface area contributed by atoms with Gasteiger partial charge in [0, 0.05) is 12.7 Å². The summed E-state index contributed by atoms with van der Waals surface area (Å²) in [6.07, 6.45) is 3.71. The third-order valence-electron chi connectivity index (χ3n) is 4.42. The van der Waals surface area contributed by atoms with E-state index < -0.39 is 0 Å². The number of aliphatic imine (C=N–C) groups is 1. The molecule has 3 aromatic rings. The molecule has 0 unspecified atom stereocenters. The maximum atomic E-state index is 6.04. The van der Waals surface area contributed by atoms with Crippen LogP contribution in [0, 0.1) is 0 Å². The van der Waals surface area contributed by atoms with E-state index in [0.717, 1.165) is 20.9 Å². The third-order valence-corrected chi connectivity index (χ3v) is 5.47. The quantitative estimate of drug-likeness (QED) is 0.605. The van der Waals surface area contributed by atoms with Crippen molar-refractivity contribution < 1.29 is 18.9 Å². The van der Waals surface area contributed by atoms with Crippen LogP contribution in [0.5, 0.6) is 17.2 Å². The van der Waals surface area contributed by atoms with Crippen LogP contribution in [0.3, 0.4) is 0 Å². The number of hydrogen-bond donors (Lipinski definition) is 0. The SMILES string of the molecule is COc1cc(COC2=NC=CCN2c2nc3ccccc3s2)cc(OC)c1OC. The van der Waals surface area contributed by atoms with Gasteiger partial charge in [-0.05, 0) is 35.9 Å². The summed E-state index contributed by atoms with van der Waals surface area (Å²) in [7, 11) is 4.76. The fraction of sp³-hybridized carbons (Fsp3) is 0.238. The van der Waals surface area contributed by atoms with Gasteiger partial charge in [0.25, 0.3) is 6.02 Å². The van der Waals surface area contributed by atoms with Crippen molar-refractivity contribution in [1.82, 2.24) is 4.98 Å². The molecule has 1 aliphatic rings. The predicted octanol–water partition coefficient (Wildman–Crippen LogP) is 4.23. The molecule has 1 aromatic heterocycles. The van der Waals surface area contributed by atoms with Crippen LogP contribution in [-0.4, -0.2) is 38.9 Å². The van der Waals surface area contributed by atoms with Crippen LogP contribution in [0.15, 0.2) is 53.7 Å². The van der Waals surface area contributed by atoms with Crippen molar-refractivity contribution in [3.63, 3.8) is 0 Å². The van der Waals surface area contributed by atoms with Gasteiger partial charge in [-0.2, -0.15) is 0 Å². The first-order chi connectivity index (χ1) is 14.2. The minimum atomic E-state index is 0.296. The van der Waals surface area contributed by atoms with Gasteiger partial charge in [-0.15, -0.1) is 0 Å². The van der Waals surface area contributed by atoms with Crippen LogP contribution in [0.1, 0.15) is 5.56 Å². The van der Waals surface area contributed by atoms with Crippen LogP contribution in [0.25, 0.3) is 10.2 Å². The zero-order valence-corrected chi connectivity index (χ0v) is 17.2. The Balaban J connectivity index is 1.56. The minimum absolute atomic E-state index is 0.296. The first kappa shape index (κ1) is 19.1. The lowest BCUT2D eigenvalue weighted by atomic mass is 10.2. The molecule has 0 saturated carbocycles. The third kappa shape index (κ3) is 3.84. The molecule has 0 N–H and O–H groups in total. The molecule has 8 heteroatoms. The fourth-order valence-corrected chi connectivity index (χ4v) is 4.00. The van der Waals surface area contributed by atoms with Crippen molar-refractivity contribution in [2.45, 2.75) is 6.61 Å². The summed E-state index contributed by atoms with van der Waals surface area (Å²) in [5, 5.41) is 0.846. The van der Waals surface area contributed by atoms with E-state index in [9.17, 15) is 0 Å². The summed E-state index contributed by atoms with van der Waals surface area (Å²) >= 11 is 1.61. The van der Waals surface area contributed by atoms with E-state index >= 15 is 0 Å². The lowest BCUT2D eigenvalue weighted by Crippen LogP contribution is -2.34. The smallest absolute Gasteiger partial charge is 0.299 e. The highest BCUT2D eigenvalue weighted by atomic mass is 32.1. The largest absolute Gasteiger partial charge is 0.493 e. The van der Waals surface area contributed by atoms with Gasteiger partial charge in [0.1, 0.15) is 6.61 Å². The van der Waals surface area contributed by atoms with Crippen LogP contribution in [-0.2, 0) is 11.3 Å². The number of fused-ring (bicyclic) bond motifs is 1. The van der Waals surface area contributed by atoms with Crippen molar-refractivity contribution >= 4 is 32.7 Å². The molecule has 0 amide bonds. The Hall–Kier alpha value is -3.26. The number of anilines is 1. The number of methoxy groups -OCH3 is 3. The predicted molar refractivity (Wildman–Crippen MR) is 114 cm³/mol. The summed E-state index contributed by atoms with van der Waals surface area (Å²) in [4.78, 5) is 11.1. The van der Waals surface area contributed by atoms with Gasteiger partial charge >= 0.3 is 0 Å². The van der Waals surface area contributed by atoms with Crippen LogP contribution in [0.4, 0.5) is 5.13 Å². The molecule has 0 saturated heterocycles. The second-order valence-electron chi connectivity index (χ2n) is 6.19. The van der Waals surface area contributed by atoms with Gasteiger partial charge in [-0.3, -0.25) is 4.90 Å². The Bertz CT molecular complexity index is 1020. The number of hydrogen-bond acceptors (Lipinski definition) is 8. The standard InChI is InChI=1S/C21H21N3O4S/c1-25-16-11-14(12-17(26-2)19(16)27-3)13-28-20-22-9-6-10-24(20)21-23-15-7-4-5-8-18(15)29-21/h4-9,11-12H,10,13H2,1-3H3. The Kier molecular flexibility index (Phi) is 5.53. The number of aromatic nitrogens is 1. The Morgan fingerprint density at radius 1 is 1.03 bits per heavy atom. The molecule has 29 heavy (non-hydrogen) atoms. The van der Waals surface area contributed by atoms with Crippen molar-refractivity contribution in [2.75, 3.05) is 32.8 Å². The molecule has 0 atom stereocenters. The zero-order chi connectivity index (χ0) is 20.2. The first-order valence-corrected chi connectivity index (χ1v) is 9.82. The average molecular weight is 411 g/mol. The Morgan fingerprint density at radius 3 is 2.48 bits per heavy atom. The Morgan fingerprint density at radius 2 is 1.79 bits per heavy atom. The molecule has 0 aliphatic carbocycles. The number of thiazole rings is 1. The first-order valence-electron chi connectivity index (χ1n) is 9.01. The fourth-order valence-electron chi connectivity index (χ4n) is 3.03. The zero-order valence-electron chi connectivity index (χ0n) is 16.4. The molecule has 7 nitrogen and oxygen atoms in total. The molecule has 1 aliphatic heterocycles. The highest BCUT2D eigenvalue weighted by Crippen LogP contribution is 2.38. The number of rotatable bonds is 6. The number of benzene rings is 2. The number of ether oxygens (including phenoxy) is 4. The van der Waals surface area contributed by atoms with E-state index in [1.807, 2.05) is 41.3 Å². The average Bonchev–Trinajstić information content (AvgIpc) is 3.21. The lowest BCUT2D eigenvalue weighted by Gasteiger charge is -2.23. The molecule has 0 fully saturated rings. The number of amidine groups is 1. The lowest BCUT2D eigenvalue weighted by molar-refractivity contribution is 0.280. The van der Waals surface area contributed by atoms with E-state index in [4.69, 9.17) is 23.9 Å². The van der Waals surface area contributed by atoms with Crippen molar-refractivity contribution in [1.29, 1.82) is 0 Å². The highest BCUT2D eigenvalue weighted by Gasteiger charge is 2.21. The summed E-state index contributed by atoms with van der Waals surface area (Å²) in [5.41, 5.74) is 1.84. The van der Waals surface area contributed by atoms with Crippen molar-refractivity contribution in [2.24, 2.45) is 4.99 Å². The van der Waals surface area contributed by atoms with E-state index in [0.29, 0.717) is 36.4 Å². The van der Waals surface area contributed by atoms with Crippen molar-refractivity contribution in [3.05, 3.63) is 54.2 Å². The molecule has 0 spiro atoms. The van der Waals surface area contributed by atoms with Crippen molar-refractivity contribution in [3.8, 4) is 17.2 Å². The van der Waals surface area contributed by atoms with Crippen LogP contribution < -0.4 is 19.1 Å². The maximum absolute atomic E-state index is 6.04. The second kappa shape index (κ2) is 8.40. The number of nitrogens with zero attached hydrogens (tertiary/aromatic N) is 3. The van der Waals surface area contributed by atoms with E-state index in [2.05, 4.69) is 11.1 Å². The van der Waals surface area contributed by atoms with Crippen LogP contribution in [0.2, 0.25) is 0 Å². The maximum Gasteiger partial charge on any atom is 0.299 e. The van der Waals surface area contributed by atoms with Gasteiger partial charge in [0.2, 0.25) is 5.75 Å². The molecule has 0 radical (unpaired) electrons. The van der Waals surface area contributed by atoms with Gasteiger partial charge < -0.3 is 18.9 Å². The molecule has 2 heterocycles. The molecule has 150 valence electrons. The van der Waals surface area contributed by atoms with Gasteiger partial charge in [0.05, 0.1) is 31.5 Å². The molecule has 0 bridgehead atoms. The summed E-state index contributed by atoms with van der Waals surface area (Å²) in [6, 6.07) is 12.3.